The number of ether oxygens (including phenoxy) is 2. The average molecular weight is 409 g/mol. The van der Waals surface area contributed by atoms with Gasteiger partial charge in [0.15, 0.2) is 17.6 Å². The molecule has 0 saturated carbocycles. The number of aromatic nitrogens is 3. The molecule has 0 atom stereocenters. The van der Waals surface area contributed by atoms with Crippen LogP contribution in [-0.4, -0.2) is 34.7 Å². The molecule has 0 bridgehead atoms. The zero-order chi connectivity index (χ0) is 20.1. The summed E-state index contributed by atoms with van der Waals surface area (Å²) < 4.78 is 48.3. The summed E-state index contributed by atoms with van der Waals surface area (Å²) >= 11 is 1.49. The number of nitrogens with zero attached hydrogens (tertiary/aromatic N) is 3. The van der Waals surface area contributed by atoms with Gasteiger partial charge in [0.1, 0.15) is 11.5 Å². The van der Waals surface area contributed by atoms with E-state index in [2.05, 4.69) is 10.2 Å². The molecule has 0 aliphatic heterocycles. The largest absolute Gasteiger partial charge is 0.497 e. The first-order chi connectivity index (χ1) is 13.4. The standard InChI is InChI=1S/C19H18F3N3O2S/c1-25-17(14-5-9-15(26-2)10-6-14)23-24-18(25)28-11-13-3-7-16(8-4-13)27-12-19(20,21)22/h3-10H,11-12H2,1-2H3. The van der Waals surface area contributed by atoms with Crippen molar-refractivity contribution in [3.63, 3.8) is 0 Å². The summed E-state index contributed by atoms with van der Waals surface area (Å²) in [6.45, 7) is -1.30. The molecule has 5 nitrogen and oxygen atoms in total. The smallest absolute Gasteiger partial charge is 0.422 e. The van der Waals surface area contributed by atoms with Crippen molar-refractivity contribution in [3.8, 4) is 22.9 Å². The van der Waals surface area contributed by atoms with Gasteiger partial charge in [-0.05, 0) is 42.0 Å². The molecule has 2 aromatic carbocycles. The molecule has 0 aliphatic carbocycles. The van der Waals surface area contributed by atoms with Crippen LogP contribution in [0.2, 0.25) is 0 Å². The van der Waals surface area contributed by atoms with E-state index in [-0.39, 0.29) is 5.75 Å². The lowest BCUT2D eigenvalue weighted by Crippen LogP contribution is -2.19. The van der Waals surface area contributed by atoms with Crippen LogP contribution in [0.1, 0.15) is 5.56 Å². The van der Waals surface area contributed by atoms with E-state index in [1.54, 1.807) is 19.2 Å². The topological polar surface area (TPSA) is 49.2 Å². The quantitative estimate of drug-likeness (QED) is 0.529. The van der Waals surface area contributed by atoms with Crippen molar-refractivity contribution in [2.45, 2.75) is 17.1 Å². The van der Waals surface area contributed by atoms with Gasteiger partial charge in [0.2, 0.25) is 0 Å². The number of halogens is 3. The lowest BCUT2D eigenvalue weighted by Gasteiger charge is -2.09. The molecule has 0 spiro atoms. The Labute approximate surface area is 164 Å². The predicted molar refractivity (Wildman–Crippen MR) is 101 cm³/mol. The third-order valence-corrected chi connectivity index (χ3v) is 4.97. The summed E-state index contributed by atoms with van der Waals surface area (Å²) in [7, 11) is 3.50. The van der Waals surface area contributed by atoms with Crippen LogP contribution in [0.15, 0.2) is 53.7 Å². The van der Waals surface area contributed by atoms with Gasteiger partial charge in [-0.15, -0.1) is 10.2 Å². The summed E-state index contributed by atoms with van der Waals surface area (Å²) in [6, 6.07) is 14.1. The molecule has 1 aromatic heterocycles. The third-order valence-electron chi connectivity index (χ3n) is 3.88. The fourth-order valence-electron chi connectivity index (χ4n) is 2.43. The molecule has 148 valence electrons. The first-order valence-corrected chi connectivity index (χ1v) is 9.29. The van der Waals surface area contributed by atoms with Crippen molar-refractivity contribution in [3.05, 3.63) is 54.1 Å². The van der Waals surface area contributed by atoms with Crippen LogP contribution in [0.5, 0.6) is 11.5 Å². The van der Waals surface area contributed by atoms with E-state index in [4.69, 9.17) is 9.47 Å². The van der Waals surface area contributed by atoms with Gasteiger partial charge in [-0.25, -0.2) is 0 Å². The molecule has 0 radical (unpaired) electrons. The molecule has 3 aromatic rings. The van der Waals surface area contributed by atoms with Crippen molar-refractivity contribution in [1.29, 1.82) is 0 Å². The Kier molecular flexibility index (Phi) is 6.13. The summed E-state index contributed by atoms with van der Waals surface area (Å²) in [6.07, 6.45) is -4.35. The third kappa shape index (κ3) is 5.19. The van der Waals surface area contributed by atoms with Crippen molar-refractivity contribution in [1.82, 2.24) is 14.8 Å². The van der Waals surface area contributed by atoms with Crippen LogP contribution in [0.3, 0.4) is 0 Å². The fraction of sp³-hybridized carbons (Fsp3) is 0.263. The van der Waals surface area contributed by atoms with Crippen LogP contribution < -0.4 is 9.47 Å². The zero-order valence-electron chi connectivity index (χ0n) is 15.2. The van der Waals surface area contributed by atoms with Crippen LogP contribution in [-0.2, 0) is 12.8 Å². The number of alkyl halides is 3. The molecule has 28 heavy (non-hydrogen) atoms. The van der Waals surface area contributed by atoms with E-state index < -0.39 is 12.8 Å². The maximum atomic E-state index is 12.2. The highest BCUT2D eigenvalue weighted by Crippen LogP contribution is 2.27. The van der Waals surface area contributed by atoms with Crippen LogP contribution >= 0.6 is 11.8 Å². The summed E-state index contributed by atoms with van der Waals surface area (Å²) in [5, 5.41) is 9.20. The van der Waals surface area contributed by atoms with Gasteiger partial charge in [-0.1, -0.05) is 23.9 Å². The molecular weight excluding hydrogens is 391 g/mol. The molecule has 9 heteroatoms. The van der Waals surface area contributed by atoms with E-state index >= 15 is 0 Å². The Hall–Kier alpha value is -2.68. The van der Waals surface area contributed by atoms with Gasteiger partial charge in [0.25, 0.3) is 0 Å². The fourth-order valence-corrected chi connectivity index (χ4v) is 3.29. The van der Waals surface area contributed by atoms with Gasteiger partial charge in [0.05, 0.1) is 7.11 Å². The Morgan fingerprint density at radius 3 is 2.21 bits per heavy atom. The summed E-state index contributed by atoms with van der Waals surface area (Å²) in [5.41, 5.74) is 1.87. The monoisotopic (exact) mass is 409 g/mol. The molecular formula is C19H18F3N3O2S. The van der Waals surface area contributed by atoms with Gasteiger partial charge in [-0.2, -0.15) is 13.2 Å². The maximum Gasteiger partial charge on any atom is 0.422 e. The summed E-state index contributed by atoms with van der Waals surface area (Å²) in [5.74, 6) is 2.30. The second-order valence-corrected chi connectivity index (χ2v) is 6.87. The van der Waals surface area contributed by atoms with Crippen molar-refractivity contribution in [2.75, 3.05) is 13.7 Å². The Morgan fingerprint density at radius 2 is 1.61 bits per heavy atom. The lowest BCUT2D eigenvalue weighted by atomic mass is 10.2. The second-order valence-electron chi connectivity index (χ2n) is 5.93. The average Bonchev–Trinajstić information content (AvgIpc) is 3.05. The number of hydrogen-bond donors (Lipinski definition) is 0. The first-order valence-electron chi connectivity index (χ1n) is 8.31. The lowest BCUT2D eigenvalue weighted by molar-refractivity contribution is -0.153. The highest BCUT2D eigenvalue weighted by atomic mass is 32.2. The predicted octanol–water partition coefficient (Wildman–Crippen LogP) is 4.72. The molecule has 0 N–H and O–H groups in total. The highest BCUT2D eigenvalue weighted by molar-refractivity contribution is 7.98. The Balaban J connectivity index is 1.61. The second kappa shape index (κ2) is 8.55. The minimum atomic E-state index is -4.35. The minimum absolute atomic E-state index is 0.187. The van der Waals surface area contributed by atoms with E-state index in [9.17, 15) is 13.2 Å². The minimum Gasteiger partial charge on any atom is -0.497 e. The van der Waals surface area contributed by atoms with Gasteiger partial charge in [-0.3, -0.25) is 0 Å². The molecule has 0 amide bonds. The van der Waals surface area contributed by atoms with Gasteiger partial charge >= 0.3 is 6.18 Å². The van der Waals surface area contributed by atoms with Crippen molar-refractivity contribution in [2.24, 2.45) is 7.05 Å². The van der Waals surface area contributed by atoms with E-state index in [1.165, 1.54) is 23.9 Å². The van der Waals surface area contributed by atoms with Crippen molar-refractivity contribution >= 4 is 11.8 Å². The van der Waals surface area contributed by atoms with Gasteiger partial charge in [0, 0.05) is 18.4 Å². The normalized spacial score (nSPS) is 11.5. The molecule has 0 fully saturated rings. The highest BCUT2D eigenvalue weighted by Gasteiger charge is 2.28. The maximum absolute atomic E-state index is 12.2. The number of methoxy groups -OCH3 is 1. The van der Waals surface area contributed by atoms with E-state index in [0.717, 1.165) is 27.9 Å². The van der Waals surface area contributed by atoms with Crippen LogP contribution in [0.25, 0.3) is 11.4 Å². The number of thioether (sulfide) groups is 1. The van der Waals surface area contributed by atoms with Crippen molar-refractivity contribution < 1.29 is 22.6 Å². The number of rotatable bonds is 7. The van der Waals surface area contributed by atoms with Gasteiger partial charge < -0.3 is 14.0 Å². The number of hydrogen-bond acceptors (Lipinski definition) is 5. The van der Waals surface area contributed by atoms with E-state index in [0.29, 0.717) is 5.75 Å². The molecule has 0 unspecified atom stereocenters. The molecule has 0 aliphatic rings. The van der Waals surface area contributed by atoms with Crippen LogP contribution in [0, 0.1) is 0 Å². The van der Waals surface area contributed by atoms with Crippen LogP contribution in [0.4, 0.5) is 13.2 Å². The SMILES string of the molecule is COc1ccc(-c2nnc(SCc3ccc(OCC(F)(F)F)cc3)n2C)cc1. The van der Waals surface area contributed by atoms with E-state index in [1.807, 2.05) is 35.9 Å². The molecule has 3 rings (SSSR count). The Bertz CT molecular complexity index is 910. The first kappa shape index (κ1) is 20.1. The zero-order valence-corrected chi connectivity index (χ0v) is 16.0. The Morgan fingerprint density at radius 1 is 0.964 bits per heavy atom. The molecule has 1 heterocycles. The number of benzene rings is 2. The molecule has 0 saturated heterocycles. The summed E-state index contributed by atoms with van der Waals surface area (Å²) in [4.78, 5) is 0.